The van der Waals surface area contributed by atoms with Crippen molar-refractivity contribution in [3.8, 4) is 5.75 Å². The Balaban J connectivity index is 1.62. The summed E-state index contributed by atoms with van der Waals surface area (Å²) in [5.41, 5.74) is 3.74. The highest BCUT2D eigenvalue weighted by Gasteiger charge is 2.38. The zero-order chi connectivity index (χ0) is 19.5. The molecule has 0 fully saturated rings. The van der Waals surface area contributed by atoms with Gasteiger partial charge in [0.15, 0.2) is 5.78 Å². The minimum absolute atomic E-state index is 0.0171. The first kappa shape index (κ1) is 18.5. The van der Waals surface area contributed by atoms with Gasteiger partial charge in [-0.1, -0.05) is 49.4 Å². The van der Waals surface area contributed by atoms with Gasteiger partial charge in [-0.2, -0.15) is 0 Å². The maximum absolute atomic E-state index is 13.1. The van der Waals surface area contributed by atoms with Gasteiger partial charge in [0, 0.05) is 30.0 Å². The fourth-order valence-corrected chi connectivity index (χ4v) is 4.22. The number of ether oxygens (including phenoxy) is 1. The van der Waals surface area contributed by atoms with Crippen molar-refractivity contribution >= 4 is 11.7 Å². The van der Waals surface area contributed by atoms with Gasteiger partial charge in [-0.25, -0.2) is 0 Å². The molecule has 4 nitrogen and oxygen atoms in total. The van der Waals surface area contributed by atoms with E-state index in [1.54, 1.807) is 0 Å². The molecule has 0 bridgehead atoms. The number of carbonyl (C=O) groups is 2. The second-order valence-electron chi connectivity index (χ2n) is 7.55. The van der Waals surface area contributed by atoms with Gasteiger partial charge in [0.25, 0.3) is 0 Å². The number of benzene rings is 2. The molecular weight excluding hydrogens is 350 g/mol. The van der Waals surface area contributed by atoms with Crippen molar-refractivity contribution in [3.63, 3.8) is 0 Å². The van der Waals surface area contributed by atoms with Crippen LogP contribution in [0.2, 0.25) is 0 Å². The summed E-state index contributed by atoms with van der Waals surface area (Å²) in [6.45, 7) is 2.75. The Kier molecular flexibility index (Phi) is 5.29. The van der Waals surface area contributed by atoms with Crippen LogP contribution >= 0.6 is 0 Å². The van der Waals surface area contributed by atoms with E-state index < -0.39 is 0 Å². The van der Waals surface area contributed by atoms with Crippen LogP contribution in [-0.4, -0.2) is 18.3 Å². The van der Waals surface area contributed by atoms with Crippen LogP contribution in [-0.2, 0) is 9.59 Å². The van der Waals surface area contributed by atoms with E-state index in [0.29, 0.717) is 25.9 Å². The molecular formula is C24H25NO3. The molecule has 2 unspecified atom stereocenters. The van der Waals surface area contributed by atoms with E-state index in [4.69, 9.17) is 4.74 Å². The first-order valence-corrected chi connectivity index (χ1v) is 9.99. The predicted molar refractivity (Wildman–Crippen MR) is 108 cm³/mol. The molecule has 28 heavy (non-hydrogen) atoms. The predicted octanol–water partition coefficient (Wildman–Crippen LogP) is 4.48. The molecule has 144 valence electrons. The lowest BCUT2D eigenvalue weighted by atomic mass is 9.73. The van der Waals surface area contributed by atoms with Crippen molar-refractivity contribution < 1.29 is 14.3 Å². The van der Waals surface area contributed by atoms with Crippen LogP contribution in [0.15, 0.2) is 65.9 Å². The molecule has 1 aliphatic heterocycles. The summed E-state index contributed by atoms with van der Waals surface area (Å²) in [5.74, 6) is 0.895. The summed E-state index contributed by atoms with van der Waals surface area (Å²) in [5, 5.41) is 2.98. The highest BCUT2D eigenvalue weighted by Crippen LogP contribution is 2.42. The zero-order valence-corrected chi connectivity index (χ0v) is 16.1. The van der Waals surface area contributed by atoms with Crippen LogP contribution in [0.1, 0.15) is 55.6 Å². The lowest BCUT2D eigenvalue weighted by Crippen LogP contribution is -2.38. The SMILES string of the molecule is CCCOc1ccc(C2CC(=O)NC3=C2C(=O)CC(c2ccccc2)C3)cc1. The van der Waals surface area contributed by atoms with Crippen LogP contribution in [0.4, 0.5) is 0 Å². The van der Waals surface area contributed by atoms with Crippen molar-refractivity contribution in [1.82, 2.24) is 5.32 Å². The molecule has 2 aromatic rings. The van der Waals surface area contributed by atoms with Gasteiger partial charge in [0.1, 0.15) is 5.75 Å². The number of carbonyl (C=O) groups excluding carboxylic acids is 2. The number of Topliss-reactive ketones (excluding diaryl/α,β-unsaturated/α-hetero) is 1. The third-order valence-corrected chi connectivity index (χ3v) is 5.56. The van der Waals surface area contributed by atoms with Crippen molar-refractivity contribution in [1.29, 1.82) is 0 Å². The minimum atomic E-state index is -0.173. The zero-order valence-electron chi connectivity index (χ0n) is 16.1. The van der Waals surface area contributed by atoms with Crippen LogP contribution in [0.5, 0.6) is 5.75 Å². The largest absolute Gasteiger partial charge is 0.494 e. The molecule has 0 spiro atoms. The van der Waals surface area contributed by atoms with Gasteiger partial charge in [0.2, 0.25) is 5.91 Å². The van der Waals surface area contributed by atoms with Gasteiger partial charge in [-0.3, -0.25) is 9.59 Å². The molecule has 1 heterocycles. The van der Waals surface area contributed by atoms with E-state index in [1.165, 1.54) is 0 Å². The van der Waals surface area contributed by atoms with Crippen LogP contribution in [0.3, 0.4) is 0 Å². The first-order valence-electron chi connectivity index (χ1n) is 9.99. The van der Waals surface area contributed by atoms with E-state index in [2.05, 4.69) is 24.4 Å². The van der Waals surface area contributed by atoms with Crippen molar-refractivity contribution in [2.24, 2.45) is 0 Å². The molecule has 0 saturated carbocycles. The molecule has 4 heteroatoms. The fourth-order valence-electron chi connectivity index (χ4n) is 4.22. The smallest absolute Gasteiger partial charge is 0.225 e. The Bertz CT molecular complexity index is 899. The second-order valence-corrected chi connectivity index (χ2v) is 7.55. The topological polar surface area (TPSA) is 55.4 Å². The Morgan fingerprint density at radius 2 is 1.68 bits per heavy atom. The number of rotatable bonds is 5. The van der Waals surface area contributed by atoms with E-state index in [1.807, 2.05) is 42.5 Å². The van der Waals surface area contributed by atoms with Crippen LogP contribution < -0.4 is 10.1 Å². The third kappa shape index (κ3) is 3.72. The molecule has 2 aliphatic rings. The normalized spacial score (nSPS) is 21.9. The highest BCUT2D eigenvalue weighted by molar-refractivity contribution is 6.02. The maximum Gasteiger partial charge on any atom is 0.225 e. The summed E-state index contributed by atoms with van der Waals surface area (Å²) in [4.78, 5) is 25.5. The van der Waals surface area contributed by atoms with Gasteiger partial charge in [-0.15, -0.1) is 0 Å². The molecule has 4 rings (SSSR count). The number of nitrogens with one attached hydrogen (secondary N) is 1. The monoisotopic (exact) mass is 375 g/mol. The average Bonchev–Trinajstić information content (AvgIpc) is 2.72. The van der Waals surface area contributed by atoms with Gasteiger partial charge in [0.05, 0.1) is 6.61 Å². The number of ketones is 1. The summed E-state index contributed by atoms with van der Waals surface area (Å²) in [7, 11) is 0. The maximum atomic E-state index is 13.1. The number of hydrogen-bond acceptors (Lipinski definition) is 3. The molecule has 1 aliphatic carbocycles. The number of amides is 1. The number of hydrogen-bond donors (Lipinski definition) is 1. The molecule has 2 aromatic carbocycles. The van der Waals surface area contributed by atoms with E-state index in [-0.39, 0.29) is 23.5 Å². The van der Waals surface area contributed by atoms with Crippen molar-refractivity contribution in [2.75, 3.05) is 6.61 Å². The molecule has 0 aromatic heterocycles. The quantitative estimate of drug-likeness (QED) is 0.838. The van der Waals surface area contributed by atoms with E-state index in [0.717, 1.165) is 34.6 Å². The third-order valence-electron chi connectivity index (χ3n) is 5.56. The first-order chi connectivity index (χ1) is 13.7. The van der Waals surface area contributed by atoms with Crippen LogP contribution in [0, 0.1) is 0 Å². The highest BCUT2D eigenvalue weighted by atomic mass is 16.5. The molecule has 2 atom stereocenters. The molecule has 0 saturated heterocycles. The van der Waals surface area contributed by atoms with E-state index >= 15 is 0 Å². The van der Waals surface area contributed by atoms with Gasteiger partial charge >= 0.3 is 0 Å². The van der Waals surface area contributed by atoms with E-state index in [9.17, 15) is 9.59 Å². The lowest BCUT2D eigenvalue weighted by molar-refractivity contribution is -0.122. The summed E-state index contributed by atoms with van der Waals surface area (Å²) in [6, 6.07) is 17.9. The second kappa shape index (κ2) is 8.01. The summed E-state index contributed by atoms with van der Waals surface area (Å²) in [6.07, 6.45) is 2.46. The van der Waals surface area contributed by atoms with Crippen LogP contribution in [0.25, 0.3) is 0 Å². The Morgan fingerprint density at radius 3 is 2.39 bits per heavy atom. The summed E-state index contributed by atoms with van der Waals surface area (Å²) >= 11 is 0. The molecule has 1 N–H and O–H groups in total. The molecule has 0 radical (unpaired) electrons. The van der Waals surface area contributed by atoms with Gasteiger partial charge < -0.3 is 10.1 Å². The van der Waals surface area contributed by atoms with Crippen molar-refractivity contribution in [3.05, 3.63) is 77.0 Å². The number of allylic oxidation sites excluding steroid dienone is 2. The lowest BCUT2D eigenvalue weighted by Gasteiger charge is -2.34. The Hall–Kier alpha value is -2.88. The van der Waals surface area contributed by atoms with Crippen molar-refractivity contribution in [2.45, 2.75) is 44.4 Å². The van der Waals surface area contributed by atoms with Gasteiger partial charge in [-0.05, 0) is 42.0 Å². The summed E-state index contributed by atoms with van der Waals surface area (Å²) < 4.78 is 5.65. The fraction of sp³-hybridized carbons (Fsp3) is 0.333. The average molecular weight is 375 g/mol. The minimum Gasteiger partial charge on any atom is -0.494 e. The Labute approximate surface area is 165 Å². The standard InChI is InChI=1S/C24H25NO3/c1-2-12-28-19-10-8-17(9-11-19)20-15-23(27)25-21-13-18(14-22(26)24(20)21)16-6-4-3-5-7-16/h3-11,18,20H,2,12-15H2,1H3,(H,25,27). The molecule has 1 amide bonds. The Morgan fingerprint density at radius 1 is 0.929 bits per heavy atom.